The first-order valence-electron chi connectivity index (χ1n) is 6.04. The van der Waals surface area contributed by atoms with E-state index in [4.69, 9.17) is 9.84 Å². The van der Waals surface area contributed by atoms with Crippen molar-refractivity contribution in [2.24, 2.45) is 0 Å². The number of amides is 2. The summed E-state index contributed by atoms with van der Waals surface area (Å²) in [6, 6.07) is 6.39. The zero-order chi connectivity index (χ0) is 14.3. The van der Waals surface area contributed by atoms with Crippen molar-refractivity contribution in [1.29, 1.82) is 0 Å². The molecule has 0 bridgehead atoms. The number of rotatable bonds is 6. The molecule has 104 valence electrons. The molecule has 0 saturated heterocycles. The van der Waals surface area contributed by atoms with Crippen molar-refractivity contribution in [2.45, 2.75) is 26.3 Å². The van der Waals surface area contributed by atoms with Crippen LogP contribution in [0.2, 0.25) is 0 Å². The molecule has 1 rings (SSSR count). The number of carboxylic acid groups (broad SMARTS) is 1. The molecule has 0 radical (unpaired) electrons. The number of nitrogens with one attached hydrogen (secondary N) is 2. The van der Waals surface area contributed by atoms with E-state index in [1.165, 1.54) is 0 Å². The predicted octanol–water partition coefficient (Wildman–Crippen LogP) is 2.07. The summed E-state index contributed by atoms with van der Waals surface area (Å²) in [4.78, 5) is 22.1. The monoisotopic (exact) mass is 266 g/mol. The number of hydrogen-bond acceptors (Lipinski definition) is 3. The number of hydrogen-bond donors (Lipinski definition) is 3. The van der Waals surface area contributed by atoms with Gasteiger partial charge in [-0.1, -0.05) is 19.1 Å². The Morgan fingerprint density at radius 3 is 2.68 bits per heavy atom. The molecule has 0 saturated carbocycles. The van der Waals surface area contributed by atoms with Crippen LogP contribution >= 0.6 is 0 Å². The molecule has 0 aromatic heterocycles. The maximum absolute atomic E-state index is 11.7. The van der Waals surface area contributed by atoms with Gasteiger partial charge >= 0.3 is 12.0 Å². The summed E-state index contributed by atoms with van der Waals surface area (Å²) in [6.07, 6.45) is 0.824. The van der Waals surface area contributed by atoms with Gasteiger partial charge in [0.2, 0.25) is 0 Å². The Kier molecular flexibility index (Phi) is 5.66. The average Bonchev–Trinajstić information content (AvgIpc) is 2.37. The minimum atomic E-state index is -1.07. The van der Waals surface area contributed by atoms with Gasteiger partial charge in [-0.05, 0) is 25.5 Å². The van der Waals surface area contributed by atoms with E-state index in [0.29, 0.717) is 11.4 Å². The van der Waals surface area contributed by atoms with Crippen LogP contribution in [-0.2, 0) is 4.79 Å². The molecule has 6 heteroatoms. The minimum absolute atomic E-state index is 0.0621. The maximum Gasteiger partial charge on any atom is 0.341 e. The Balaban J connectivity index is 2.66. The van der Waals surface area contributed by atoms with Crippen molar-refractivity contribution in [3.05, 3.63) is 24.3 Å². The number of carbonyl (C=O) groups is 2. The van der Waals surface area contributed by atoms with Crippen LogP contribution in [0.15, 0.2) is 24.3 Å². The Morgan fingerprint density at radius 2 is 2.05 bits per heavy atom. The summed E-state index contributed by atoms with van der Waals surface area (Å²) in [7, 11) is 0. The van der Waals surface area contributed by atoms with E-state index in [1.54, 1.807) is 24.3 Å². The second-order valence-electron chi connectivity index (χ2n) is 4.09. The molecule has 1 aromatic rings. The molecule has 0 aliphatic rings. The lowest BCUT2D eigenvalue weighted by molar-refractivity contribution is -0.139. The molecule has 19 heavy (non-hydrogen) atoms. The van der Waals surface area contributed by atoms with Crippen LogP contribution in [0.4, 0.5) is 10.5 Å². The van der Waals surface area contributed by atoms with Gasteiger partial charge in [-0.15, -0.1) is 0 Å². The van der Waals surface area contributed by atoms with Crippen LogP contribution in [0.1, 0.15) is 20.3 Å². The van der Waals surface area contributed by atoms with E-state index in [1.807, 2.05) is 13.8 Å². The van der Waals surface area contributed by atoms with Crippen LogP contribution in [0.5, 0.6) is 5.75 Å². The molecule has 1 unspecified atom stereocenters. The summed E-state index contributed by atoms with van der Waals surface area (Å²) in [5.41, 5.74) is 0.435. The second-order valence-corrected chi connectivity index (χ2v) is 4.09. The Morgan fingerprint density at radius 1 is 1.37 bits per heavy atom. The van der Waals surface area contributed by atoms with E-state index in [-0.39, 0.29) is 12.1 Å². The Hall–Kier alpha value is -2.24. The molecule has 3 N–H and O–H groups in total. The summed E-state index contributed by atoms with van der Waals surface area (Å²) < 4.78 is 5.09. The molecule has 1 atom stereocenters. The maximum atomic E-state index is 11.7. The van der Waals surface area contributed by atoms with Crippen LogP contribution < -0.4 is 15.4 Å². The SMILES string of the molecule is CCC(C)NC(=O)Nc1ccccc1OCC(=O)O. The molecule has 1 aromatic carbocycles. The fourth-order valence-corrected chi connectivity index (χ4v) is 1.32. The average molecular weight is 266 g/mol. The molecule has 6 nitrogen and oxygen atoms in total. The number of ether oxygens (including phenoxy) is 1. The van der Waals surface area contributed by atoms with E-state index >= 15 is 0 Å². The number of carboxylic acids is 1. The van der Waals surface area contributed by atoms with Gasteiger partial charge in [-0.2, -0.15) is 0 Å². The summed E-state index contributed by atoms with van der Waals surface area (Å²) in [5, 5.41) is 14.0. The second kappa shape index (κ2) is 7.25. The third-order valence-electron chi connectivity index (χ3n) is 2.48. The molecular weight excluding hydrogens is 248 g/mol. The Bertz CT molecular complexity index is 448. The summed E-state index contributed by atoms with van der Waals surface area (Å²) in [6.45, 7) is 3.41. The smallest absolute Gasteiger partial charge is 0.341 e. The highest BCUT2D eigenvalue weighted by Crippen LogP contribution is 2.23. The van der Waals surface area contributed by atoms with Gasteiger partial charge in [0.05, 0.1) is 5.69 Å². The van der Waals surface area contributed by atoms with Crippen molar-refractivity contribution in [3.8, 4) is 5.75 Å². The van der Waals surface area contributed by atoms with Crippen molar-refractivity contribution in [1.82, 2.24) is 5.32 Å². The number of carbonyl (C=O) groups excluding carboxylic acids is 1. The molecule has 0 heterocycles. The van der Waals surface area contributed by atoms with E-state index < -0.39 is 12.6 Å². The number of anilines is 1. The van der Waals surface area contributed by atoms with Gasteiger partial charge in [-0.3, -0.25) is 0 Å². The lowest BCUT2D eigenvalue weighted by atomic mass is 10.2. The van der Waals surface area contributed by atoms with Gasteiger partial charge in [-0.25, -0.2) is 9.59 Å². The summed E-state index contributed by atoms with van der Waals surface area (Å²) in [5.74, 6) is -0.747. The fraction of sp³-hybridized carbons (Fsp3) is 0.385. The third-order valence-corrected chi connectivity index (χ3v) is 2.48. The predicted molar refractivity (Wildman–Crippen MR) is 71.5 cm³/mol. The topological polar surface area (TPSA) is 87.7 Å². The van der Waals surface area contributed by atoms with Crippen molar-refractivity contribution < 1.29 is 19.4 Å². The first-order chi connectivity index (χ1) is 9.02. The fourth-order valence-electron chi connectivity index (χ4n) is 1.32. The van der Waals surface area contributed by atoms with E-state index in [2.05, 4.69) is 10.6 Å². The Labute approximate surface area is 111 Å². The van der Waals surface area contributed by atoms with Crippen LogP contribution in [0, 0.1) is 0 Å². The minimum Gasteiger partial charge on any atom is -0.480 e. The molecular formula is C13H18N2O4. The van der Waals surface area contributed by atoms with Gasteiger partial charge in [0.15, 0.2) is 6.61 Å². The van der Waals surface area contributed by atoms with Crippen LogP contribution in [0.3, 0.4) is 0 Å². The molecule has 0 fully saturated rings. The quantitative estimate of drug-likeness (QED) is 0.735. The first kappa shape index (κ1) is 14.8. The number of aliphatic carboxylic acids is 1. The van der Waals surface area contributed by atoms with Crippen molar-refractivity contribution in [2.75, 3.05) is 11.9 Å². The zero-order valence-corrected chi connectivity index (χ0v) is 11.0. The molecule has 2 amide bonds. The first-order valence-corrected chi connectivity index (χ1v) is 6.04. The van der Waals surface area contributed by atoms with Gasteiger partial charge in [0.25, 0.3) is 0 Å². The number of benzene rings is 1. The van der Waals surface area contributed by atoms with Crippen LogP contribution in [-0.4, -0.2) is 29.8 Å². The van der Waals surface area contributed by atoms with Crippen LogP contribution in [0.25, 0.3) is 0 Å². The standard InChI is InChI=1S/C13H18N2O4/c1-3-9(2)14-13(18)15-10-6-4-5-7-11(10)19-8-12(16)17/h4-7,9H,3,8H2,1-2H3,(H,16,17)(H2,14,15,18). The van der Waals surface area contributed by atoms with Gasteiger partial charge in [0.1, 0.15) is 5.75 Å². The van der Waals surface area contributed by atoms with Crippen molar-refractivity contribution >= 4 is 17.7 Å². The normalized spacial score (nSPS) is 11.5. The highest BCUT2D eigenvalue weighted by Gasteiger charge is 2.10. The number of urea groups is 1. The van der Waals surface area contributed by atoms with E-state index in [0.717, 1.165) is 6.42 Å². The largest absolute Gasteiger partial charge is 0.480 e. The number of para-hydroxylation sites is 2. The van der Waals surface area contributed by atoms with Crippen molar-refractivity contribution in [3.63, 3.8) is 0 Å². The third kappa shape index (κ3) is 5.29. The summed E-state index contributed by atoms with van der Waals surface area (Å²) >= 11 is 0. The lowest BCUT2D eigenvalue weighted by Crippen LogP contribution is -2.35. The van der Waals surface area contributed by atoms with E-state index in [9.17, 15) is 9.59 Å². The lowest BCUT2D eigenvalue weighted by Gasteiger charge is -2.14. The molecule has 0 aliphatic heterocycles. The zero-order valence-electron chi connectivity index (χ0n) is 11.0. The van der Waals surface area contributed by atoms with Gasteiger partial charge in [0, 0.05) is 6.04 Å². The molecule has 0 aliphatic carbocycles. The highest BCUT2D eigenvalue weighted by atomic mass is 16.5. The highest BCUT2D eigenvalue weighted by molar-refractivity contribution is 5.91. The molecule has 0 spiro atoms. The van der Waals surface area contributed by atoms with Gasteiger partial charge < -0.3 is 20.5 Å².